The average Bonchev–Trinajstić information content (AvgIpc) is 3.25. The Hall–Kier alpha value is -3.37. The summed E-state index contributed by atoms with van der Waals surface area (Å²) in [5.74, 6) is -0.0914. The summed E-state index contributed by atoms with van der Waals surface area (Å²) < 4.78 is 38.1. The van der Waals surface area contributed by atoms with Crippen molar-refractivity contribution in [3.8, 4) is 11.5 Å². The van der Waals surface area contributed by atoms with Gasteiger partial charge in [-0.2, -0.15) is 9.40 Å². The Labute approximate surface area is 173 Å². The van der Waals surface area contributed by atoms with Crippen LogP contribution in [-0.2, 0) is 23.1 Å². The van der Waals surface area contributed by atoms with Crippen LogP contribution in [0.5, 0.6) is 11.5 Å². The minimum Gasteiger partial charge on any atom is -0.497 e. The van der Waals surface area contributed by atoms with Gasteiger partial charge in [0, 0.05) is 13.1 Å². The van der Waals surface area contributed by atoms with Gasteiger partial charge in [0.15, 0.2) is 5.03 Å². The van der Waals surface area contributed by atoms with Gasteiger partial charge in [0.05, 0.1) is 20.4 Å². The average molecular weight is 431 g/mol. The van der Waals surface area contributed by atoms with Crippen LogP contribution in [-0.4, -0.2) is 48.2 Å². The molecule has 0 aliphatic heterocycles. The second-order valence-electron chi connectivity index (χ2n) is 6.39. The van der Waals surface area contributed by atoms with Crippen LogP contribution in [0.2, 0.25) is 0 Å². The van der Waals surface area contributed by atoms with Crippen molar-refractivity contribution < 1.29 is 27.8 Å². The second kappa shape index (κ2) is 8.97. The molecule has 9 nitrogen and oxygen atoms in total. The molecular weight excluding hydrogens is 410 g/mol. The lowest BCUT2D eigenvalue weighted by Gasteiger charge is -2.22. The normalized spacial score (nSPS) is 11.4. The van der Waals surface area contributed by atoms with E-state index in [9.17, 15) is 18.3 Å². The van der Waals surface area contributed by atoms with Crippen LogP contribution in [0.4, 0.5) is 0 Å². The number of rotatable bonds is 9. The Balaban J connectivity index is 1.98. The summed E-state index contributed by atoms with van der Waals surface area (Å²) in [4.78, 5) is 11.4. The van der Waals surface area contributed by atoms with Crippen LogP contribution in [0.25, 0.3) is 0 Å². The molecule has 0 bridgehead atoms. The Kier molecular flexibility index (Phi) is 6.38. The Bertz CT molecular complexity index is 1060. The number of methoxy groups -OCH3 is 2. The largest absolute Gasteiger partial charge is 0.497 e. The van der Waals surface area contributed by atoms with E-state index in [2.05, 4.69) is 10.2 Å². The second-order valence-corrected chi connectivity index (χ2v) is 8.26. The number of aromatic carboxylic acids is 1. The quantitative estimate of drug-likeness (QED) is 0.534. The summed E-state index contributed by atoms with van der Waals surface area (Å²) in [5, 5.41) is 14.8. The Morgan fingerprint density at radius 2 is 1.43 bits per heavy atom. The molecule has 0 spiro atoms. The van der Waals surface area contributed by atoms with E-state index in [0.29, 0.717) is 22.6 Å². The number of benzene rings is 2. The van der Waals surface area contributed by atoms with Crippen molar-refractivity contribution in [1.29, 1.82) is 0 Å². The van der Waals surface area contributed by atoms with E-state index >= 15 is 0 Å². The maximum absolute atomic E-state index is 13.3. The molecule has 0 fully saturated rings. The summed E-state index contributed by atoms with van der Waals surface area (Å²) in [7, 11) is -1.10. The summed E-state index contributed by atoms with van der Waals surface area (Å²) in [5.41, 5.74) is 1.01. The van der Waals surface area contributed by atoms with Gasteiger partial charge < -0.3 is 14.6 Å². The summed E-state index contributed by atoms with van der Waals surface area (Å²) in [6, 6.07) is 13.9. The molecule has 158 valence electrons. The predicted molar refractivity (Wildman–Crippen MR) is 108 cm³/mol. The summed E-state index contributed by atoms with van der Waals surface area (Å²) in [6.45, 7) is 0.0485. The monoisotopic (exact) mass is 431 g/mol. The van der Waals surface area contributed by atoms with Crippen molar-refractivity contribution in [3.63, 3.8) is 0 Å². The first kappa shape index (κ1) is 21.3. The molecule has 30 heavy (non-hydrogen) atoms. The van der Waals surface area contributed by atoms with E-state index in [4.69, 9.17) is 9.47 Å². The van der Waals surface area contributed by atoms with Gasteiger partial charge in [-0.1, -0.05) is 24.3 Å². The number of nitrogens with zero attached hydrogens (tertiary/aromatic N) is 2. The molecule has 3 rings (SSSR count). The third-order valence-corrected chi connectivity index (χ3v) is 6.23. The van der Waals surface area contributed by atoms with Gasteiger partial charge >= 0.3 is 5.97 Å². The smallest absolute Gasteiger partial charge is 0.340 e. The fraction of sp³-hybridized carbons (Fsp3) is 0.200. The zero-order chi connectivity index (χ0) is 21.7. The number of carbonyl (C=O) groups is 1. The number of H-pyrrole nitrogens is 1. The van der Waals surface area contributed by atoms with E-state index in [-0.39, 0.29) is 13.1 Å². The van der Waals surface area contributed by atoms with Crippen LogP contribution in [0, 0.1) is 0 Å². The van der Waals surface area contributed by atoms with Gasteiger partial charge in [0.2, 0.25) is 0 Å². The molecule has 1 aromatic heterocycles. The van der Waals surface area contributed by atoms with Gasteiger partial charge in [-0.05, 0) is 35.4 Å². The fourth-order valence-corrected chi connectivity index (χ4v) is 4.33. The highest BCUT2D eigenvalue weighted by Gasteiger charge is 2.31. The molecule has 10 heteroatoms. The molecule has 0 aliphatic rings. The van der Waals surface area contributed by atoms with Crippen LogP contribution < -0.4 is 9.47 Å². The van der Waals surface area contributed by atoms with Gasteiger partial charge in [0.1, 0.15) is 17.1 Å². The molecule has 0 atom stereocenters. The predicted octanol–water partition coefficient (Wildman–Crippen LogP) is 2.52. The van der Waals surface area contributed by atoms with Crippen LogP contribution in [0.15, 0.2) is 59.8 Å². The third kappa shape index (κ3) is 4.61. The number of ether oxygens (including phenoxy) is 2. The zero-order valence-electron chi connectivity index (χ0n) is 16.4. The Morgan fingerprint density at radius 1 is 0.967 bits per heavy atom. The molecule has 0 saturated carbocycles. The standard InChI is InChI=1S/C20H21N3O6S/c1-28-16-7-3-14(4-8-16)12-23(13-15-5-9-17(29-2)10-6-15)30(26,27)19-18(20(24)25)11-21-22-19/h3-11H,12-13H2,1-2H3,(H,21,22)(H,24,25). The first-order chi connectivity index (χ1) is 14.3. The number of hydrogen-bond donors (Lipinski definition) is 2. The number of carboxylic acid groups (broad SMARTS) is 1. The van der Waals surface area contributed by atoms with E-state index in [0.717, 1.165) is 6.20 Å². The zero-order valence-corrected chi connectivity index (χ0v) is 17.2. The van der Waals surface area contributed by atoms with E-state index in [1.807, 2.05) is 0 Å². The van der Waals surface area contributed by atoms with Crippen LogP contribution in [0.1, 0.15) is 21.5 Å². The summed E-state index contributed by atoms with van der Waals surface area (Å²) in [6.07, 6.45) is 0.980. The molecular formula is C20H21N3O6S. The van der Waals surface area contributed by atoms with E-state index < -0.39 is 26.6 Å². The number of nitrogens with one attached hydrogen (secondary N) is 1. The third-order valence-electron chi connectivity index (χ3n) is 4.47. The number of carboxylic acids is 1. The highest BCUT2D eigenvalue weighted by molar-refractivity contribution is 7.89. The molecule has 2 N–H and O–H groups in total. The number of sulfonamides is 1. The van der Waals surface area contributed by atoms with Crippen molar-refractivity contribution >= 4 is 16.0 Å². The van der Waals surface area contributed by atoms with Crippen LogP contribution in [0.3, 0.4) is 0 Å². The first-order valence-corrected chi connectivity index (χ1v) is 10.3. The number of aromatic amines is 1. The number of aromatic nitrogens is 2. The molecule has 0 unspecified atom stereocenters. The highest BCUT2D eigenvalue weighted by Crippen LogP contribution is 2.24. The minimum atomic E-state index is -4.19. The van der Waals surface area contributed by atoms with E-state index in [1.54, 1.807) is 62.8 Å². The molecule has 3 aromatic rings. The molecule has 0 amide bonds. The maximum Gasteiger partial charge on any atom is 0.340 e. The fourth-order valence-electron chi connectivity index (χ4n) is 2.85. The van der Waals surface area contributed by atoms with Gasteiger partial charge in [0.25, 0.3) is 10.0 Å². The topological polar surface area (TPSA) is 122 Å². The lowest BCUT2D eigenvalue weighted by Crippen LogP contribution is -2.31. The van der Waals surface area contributed by atoms with Crippen molar-refractivity contribution in [1.82, 2.24) is 14.5 Å². The molecule has 0 saturated heterocycles. The van der Waals surface area contributed by atoms with Crippen molar-refractivity contribution in [3.05, 3.63) is 71.4 Å². The van der Waals surface area contributed by atoms with Crippen LogP contribution >= 0.6 is 0 Å². The molecule has 1 heterocycles. The Morgan fingerprint density at radius 3 is 1.83 bits per heavy atom. The minimum absolute atomic E-state index is 0.0242. The van der Waals surface area contributed by atoms with Crippen molar-refractivity contribution in [2.75, 3.05) is 14.2 Å². The SMILES string of the molecule is COc1ccc(CN(Cc2ccc(OC)cc2)S(=O)(=O)c2[nH]ncc2C(=O)O)cc1. The first-order valence-electron chi connectivity index (χ1n) is 8.88. The lowest BCUT2D eigenvalue weighted by atomic mass is 10.2. The van der Waals surface area contributed by atoms with E-state index in [1.165, 1.54) is 4.31 Å². The highest BCUT2D eigenvalue weighted by atomic mass is 32.2. The van der Waals surface area contributed by atoms with Gasteiger partial charge in [-0.25, -0.2) is 13.2 Å². The van der Waals surface area contributed by atoms with Gasteiger partial charge in [-0.15, -0.1) is 0 Å². The van der Waals surface area contributed by atoms with Gasteiger partial charge in [-0.3, -0.25) is 5.10 Å². The summed E-state index contributed by atoms with van der Waals surface area (Å²) >= 11 is 0. The van der Waals surface area contributed by atoms with Crippen molar-refractivity contribution in [2.45, 2.75) is 18.1 Å². The molecule has 0 aliphatic carbocycles. The van der Waals surface area contributed by atoms with Crippen molar-refractivity contribution in [2.24, 2.45) is 0 Å². The number of hydrogen-bond acceptors (Lipinski definition) is 6. The molecule has 2 aromatic carbocycles. The lowest BCUT2D eigenvalue weighted by molar-refractivity contribution is 0.0692. The maximum atomic E-state index is 13.3. The molecule has 0 radical (unpaired) electrons.